The normalized spacial score (nSPS) is 14.6. The van der Waals surface area contributed by atoms with Gasteiger partial charge in [0.15, 0.2) is 0 Å². The Morgan fingerprint density at radius 2 is 2.33 bits per heavy atom. The molecule has 3 N–H and O–H groups in total. The van der Waals surface area contributed by atoms with E-state index in [2.05, 4.69) is 16.4 Å². The first-order valence-corrected chi connectivity index (χ1v) is 6.24. The number of primary amides is 1. The summed E-state index contributed by atoms with van der Waals surface area (Å²) in [5, 5.41) is 3.45. The van der Waals surface area contributed by atoms with Crippen molar-refractivity contribution in [1.82, 2.24) is 10.3 Å². The van der Waals surface area contributed by atoms with Crippen molar-refractivity contribution in [2.75, 3.05) is 18.5 Å². The van der Waals surface area contributed by atoms with Crippen molar-refractivity contribution in [3.05, 3.63) is 23.4 Å². The van der Waals surface area contributed by atoms with Gasteiger partial charge in [-0.15, -0.1) is 0 Å². The molecule has 0 aliphatic heterocycles. The van der Waals surface area contributed by atoms with Crippen LogP contribution < -0.4 is 16.0 Å². The lowest BCUT2D eigenvalue weighted by Gasteiger charge is -2.18. The monoisotopic (exact) mass is 248 g/mol. The molecule has 0 aromatic carbocycles. The highest BCUT2D eigenvalue weighted by Crippen LogP contribution is 2.20. The van der Waals surface area contributed by atoms with E-state index < -0.39 is 0 Å². The maximum Gasteiger partial charge on any atom is 0.236 e. The van der Waals surface area contributed by atoms with Crippen molar-refractivity contribution in [1.29, 1.82) is 0 Å². The van der Waals surface area contributed by atoms with Crippen molar-refractivity contribution in [3.8, 4) is 0 Å². The SMILES string of the molecule is Cc1cc(CNC2CC2)cnc1N(C)CC(N)=O. The molecule has 1 saturated carbocycles. The van der Waals surface area contributed by atoms with Crippen LogP contribution in [0.3, 0.4) is 0 Å². The number of nitrogens with zero attached hydrogens (tertiary/aromatic N) is 2. The van der Waals surface area contributed by atoms with Crippen molar-refractivity contribution >= 4 is 11.7 Å². The molecular formula is C13H20N4O. The molecule has 1 heterocycles. The van der Waals surface area contributed by atoms with Crippen LogP contribution in [-0.2, 0) is 11.3 Å². The molecule has 1 aliphatic carbocycles. The van der Waals surface area contributed by atoms with Crippen LogP contribution in [0.2, 0.25) is 0 Å². The number of pyridine rings is 1. The third-order valence-electron chi connectivity index (χ3n) is 3.03. The van der Waals surface area contributed by atoms with Crippen molar-refractivity contribution in [3.63, 3.8) is 0 Å². The van der Waals surface area contributed by atoms with E-state index in [0.717, 1.165) is 17.9 Å². The molecule has 5 nitrogen and oxygen atoms in total. The third kappa shape index (κ3) is 3.43. The van der Waals surface area contributed by atoms with Gasteiger partial charge < -0.3 is 16.0 Å². The summed E-state index contributed by atoms with van der Waals surface area (Å²) in [7, 11) is 1.82. The number of nitrogens with two attached hydrogens (primary N) is 1. The van der Waals surface area contributed by atoms with Gasteiger partial charge in [-0.2, -0.15) is 0 Å². The quantitative estimate of drug-likeness (QED) is 0.772. The van der Waals surface area contributed by atoms with Crippen LogP contribution in [0.5, 0.6) is 0 Å². The topological polar surface area (TPSA) is 71.2 Å². The van der Waals surface area contributed by atoms with Crippen LogP contribution in [0.15, 0.2) is 12.3 Å². The van der Waals surface area contributed by atoms with Crippen molar-refractivity contribution in [2.24, 2.45) is 5.73 Å². The second-order valence-corrected chi connectivity index (χ2v) is 4.96. The number of rotatable bonds is 6. The Kier molecular flexibility index (Phi) is 3.81. The van der Waals surface area contributed by atoms with Crippen LogP contribution in [0, 0.1) is 6.92 Å². The summed E-state index contributed by atoms with van der Waals surface area (Å²) in [5.41, 5.74) is 7.42. The average molecular weight is 248 g/mol. The van der Waals surface area contributed by atoms with Gasteiger partial charge >= 0.3 is 0 Å². The van der Waals surface area contributed by atoms with E-state index in [1.165, 1.54) is 18.4 Å². The number of anilines is 1. The average Bonchev–Trinajstić information content (AvgIpc) is 3.09. The molecule has 1 aromatic rings. The predicted octanol–water partition coefficient (Wildman–Crippen LogP) is 0.564. The molecule has 98 valence electrons. The largest absolute Gasteiger partial charge is 0.368 e. The van der Waals surface area contributed by atoms with Gasteiger partial charge in [0.2, 0.25) is 5.91 Å². The van der Waals surface area contributed by atoms with Crippen LogP contribution in [0.1, 0.15) is 24.0 Å². The fraction of sp³-hybridized carbons (Fsp3) is 0.538. The van der Waals surface area contributed by atoms with Gasteiger partial charge in [-0.3, -0.25) is 4.79 Å². The summed E-state index contributed by atoms with van der Waals surface area (Å²) in [4.78, 5) is 17.1. The molecule has 1 aromatic heterocycles. The van der Waals surface area contributed by atoms with E-state index in [-0.39, 0.29) is 12.5 Å². The number of aromatic nitrogens is 1. The number of hydrogen-bond acceptors (Lipinski definition) is 4. The number of carbonyl (C=O) groups excluding carboxylic acids is 1. The first kappa shape index (κ1) is 12.8. The van der Waals surface area contributed by atoms with Crippen LogP contribution in [0.25, 0.3) is 0 Å². The minimum Gasteiger partial charge on any atom is -0.368 e. The minimum absolute atomic E-state index is 0.188. The highest BCUT2D eigenvalue weighted by atomic mass is 16.1. The van der Waals surface area contributed by atoms with Gasteiger partial charge in [-0.25, -0.2) is 4.98 Å². The molecule has 1 aliphatic rings. The maximum absolute atomic E-state index is 10.9. The molecule has 0 saturated heterocycles. The molecule has 5 heteroatoms. The van der Waals surface area contributed by atoms with E-state index in [0.29, 0.717) is 6.04 Å². The van der Waals surface area contributed by atoms with Gasteiger partial charge in [-0.05, 0) is 37.0 Å². The Morgan fingerprint density at radius 1 is 1.61 bits per heavy atom. The van der Waals surface area contributed by atoms with Crippen LogP contribution in [-0.4, -0.2) is 30.5 Å². The summed E-state index contributed by atoms with van der Waals surface area (Å²) in [6, 6.07) is 2.80. The lowest BCUT2D eigenvalue weighted by atomic mass is 10.2. The minimum atomic E-state index is -0.349. The highest BCUT2D eigenvalue weighted by Gasteiger charge is 2.20. The second kappa shape index (κ2) is 5.35. The predicted molar refractivity (Wildman–Crippen MR) is 71.3 cm³/mol. The molecular weight excluding hydrogens is 228 g/mol. The van der Waals surface area contributed by atoms with Gasteiger partial charge in [0.25, 0.3) is 0 Å². The van der Waals surface area contributed by atoms with Crippen LogP contribution >= 0.6 is 0 Å². The zero-order chi connectivity index (χ0) is 13.1. The summed E-state index contributed by atoms with van der Waals surface area (Å²) >= 11 is 0. The highest BCUT2D eigenvalue weighted by molar-refractivity contribution is 5.79. The summed E-state index contributed by atoms with van der Waals surface area (Å²) in [6.45, 7) is 3.05. The lowest BCUT2D eigenvalue weighted by Crippen LogP contribution is -2.31. The third-order valence-corrected chi connectivity index (χ3v) is 3.03. The Hall–Kier alpha value is -1.62. The second-order valence-electron chi connectivity index (χ2n) is 4.96. The first-order chi connectivity index (χ1) is 8.56. The van der Waals surface area contributed by atoms with E-state index >= 15 is 0 Å². The lowest BCUT2D eigenvalue weighted by molar-refractivity contribution is -0.116. The van der Waals surface area contributed by atoms with Crippen LogP contribution in [0.4, 0.5) is 5.82 Å². The van der Waals surface area contributed by atoms with Crippen molar-refractivity contribution in [2.45, 2.75) is 32.4 Å². The van der Waals surface area contributed by atoms with E-state index in [1.54, 1.807) is 4.90 Å². The van der Waals surface area contributed by atoms with Crippen molar-refractivity contribution < 1.29 is 4.79 Å². The molecule has 0 atom stereocenters. The summed E-state index contributed by atoms with van der Waals surface area (Å²) in [5.74, 6) is 0.460. The van der Waals surface area contributed by atoms with E-state index in [9.17, 15) is 4.79 Å². The number of nitrogens with one attached hydrogen (secondary N) is 1. The standard InChI is InChI=1S/C13H20N4O/c1-9-5-10(6-15-11-3-4-11)7-16-13(9)17(2)8-12(14)18/h5,7,11,15H,3-4,6,8H2,1-2H3,(H2,14,18). The van der Waals surface area contributed by atoms with Gasteiger partial charge in [0.1, 0.15) is 5.82 Å². The number of hydrogen-bond donors (Lipinski definition) is 2. The Labute approximate surface area is 107 Å². The number of likely N-dealkylation sites (N-methyl/N-ethyl adjacent to an activating group) is 1. The molecule has 0 radical (unpaired) electrons. The molecule has 0 bridgehead atoms. The number of aryl methyl sites for hydroxylation is 1. The zero-order valence-electron chi connectivity index (χ0n) is 10.9. The fourth-order valence-corrected chi connectivity index (χ4v) is 1.98. The van der Waals surface area contributed by atoms with Gasteiger partial charge in [0.05, 0.1) is 6.54 Å². The molecule has 1 amide bonds. The molecule has 1 fully saturated rings. The summed E-state index contributed by atoms with van der Waals surface area (Å²) < 4.78 is 0. The van der Waals surface area contributed by atoms with E-state index in [4.69, 9.17) is 5.73 Å². The van der Waals surface area contributed by atoms with Gasteiger partial charge in [0, 0.05) is 25.8 Å². The number of carbonyl (C=O) groups is 1. The maximum atomic E-state index is 10.9. The molecule has 18 heavy (non-hydrogen) atoms. The first-order valence-electron chi connectivity index (χ1n) is 6.24. The van der Waals surface area contributed by atoms with Gasteiger partial charge in [-0.1, -0.05) is 0 Å². The summed E-state index contributed by atoms with van der Waals surface area (Å²) in [6.07, 6.45) is 4.42. The Bertz CT molecular complexity index is 443. The fourth-order valence-electron chi connectivity index (χ4n) is 1.98. The Balaban J connectivity index is 2.01. The molecule has 0 unspecified atom stereocenters. The molecule has 0 spiro atoms. The zero-order valence-corrected chi connectivity index (χ0v) is 10.9. The smallest absolute Gasteiger partial charge is 0.236 e. The van der Waals surface area contributed by atoms with E-state index in [1.807, 2.05) is 20.2 Å². The molecule has 2 rings (SSSR count). The Morgan fingerprint density at radius 3 is 2.89 bits per heavy atom. The number of amides is 1.